The molecule has 4 heterocycles. The fourth-order valence-electron chi connectivity index (χ4n) is 7.49. The number of ether oxygens (including phenoxy) is 3. The van der Waals surface area contributed by atoms with Crippen molar-refractivity contribution >= 4 is 41.7 Å². The number of rotatable bonds is 9. The van der Waals surface area contributed by atoms with E-state index in [0.29, 0.717) is 68.6 Å². The number of fused-ring (bicyclic) bond motifs is 8. The lowest BCUT2D eigenvalue weighted by Gasteiger charge is -2.36. The number of carbonyl (C=O) groups excluding carboxylic acids is 3. The highest BCUT2D eigenvalue weighted by molar-refractivity contribution is 6.13. The highest BCUT2D eigenvalue weighted by atomic mass is 16.5. The molecule has 1 unspecified atom stereocenters. The van der Waals surface area contributed by atoms with Crippen LogP contribution in [-0.2, 0) is 39.8 Å². The van der Waals surface area contributed by atoms with Crippen LogP contribution in [-0.4, -0.2) is 61.0 Å². The number of aliphatic imine (C=N–C) groups is 1. The number of carboxylic acids is 1. The molecule has 6 bridgehead atoms. The Kier molecular flexibility index (Phi) is 11.2. The third-order valence-corrected chi connectivity index (χ3v) is 10.7. The number of aromatic amines is 1. The topological polar surface area (TPSA) is 182 Å². The minimum atomic E-state index is -1.18. The van der Waals surface area contributed by atoms with E-state index in [2.05, 4.69) is 23.5 Å². The van der Waals surface area contributed by atoms with Crippen molar-refractivity contribution < 1.29 is 38.5 Å². The quantitative estimate of drug-likeness (QED) is 0.174. The molecule has 4 aliphatic rings. The van der Waals surface area contributed by atoms with Gasteiger partial charge in [0, 0.05) is 46.9 Å². The molecular formula is C42H46N4O8. The highest BCUT2D eigenvalue weighted by Crippen LogP contribution is 2.55. The van der Waals surface area contributed by atoms with E-state index in [0.717, 1.165) is 22.3 Å². The molecule has 0 aromatic carbocycles. The summed E-state index contributed by atoms with van der Waals surface area (Å²) in [4.78, 5) is 59.4. The molecule has 0 saturated carbocycles. The molecule has 54 heavy (non-hydrogen) atoms. The number of aliphatic carboxylic acids is 1. The SMILES string of the molecule is C=CC1=C(/C)C(=C)/C=C2\N/C(=C\C3=NC(=C\c4[nH]c(c(C)c4CCC(=O)OC)\C=C\1N)/C(CCC(=O)O)=C3C)[C@@]1(C)C2=CC=C(C(=O)OC)C1C(=O)OC. The van der Waals surface area contributed by atoms with E-state index in [9.17, 15) is 24.3 Å². The highest BCUT2D eigenvalue weighted by Gasteiger charge is 2.55. The third-order valence-electron chi connectivity index (χ3n) is 10.7. The Morgan fingerprint density at radius 3 is 2.31 bits per heavy atom. The van der Waals surface area contributed by atoms with Gasteiger partial charge in [-0.1, -0.05) is 31.4 Å². The smallest absolute Gasteiger partial charge is 0.334 e. The second kappa shape index (κ2) is 15.4. The zero-order valence-electron chi connectivity index (χ0n) is 31.7. The van der Waals surface area contributed by atoms with Crippen molar-refractivity contribution in [1.82, 2.24) is 10.3 Å². The van der Waals surface area contributed by atoms with Crippen molar-refractivity contribution in [2.75, 3.05) is 21.3 Å². The van der Waals surface area contributed by atoms with Gasteiger partial charge in [-0.15, -0.1) is 0 Å². The molecule has 1 aromatic rings. The van der Waals surface area contributed by atoms with E-state index in [1.807, 2.05) is 52.0 Å². The number of aromatic nitrogens is 1. The van der Waals surface area contributed by atoms with Crippen LogP contribution in [0, 0.1) is 18.3 Å². The second-order valence-electron chi connectivity index (χ2n) is 13.6. The lowest BCUT2D eigenvalue weighted by molar-refractivity contribution is -0.150. The number of esters is 3. The largest absolute Gasteiger partial charge is 0.481 e. The van der Waals surface area contributed by atoms with Crippen molar-refractivity contribution in [3.05, 3.63) is 128 Å². The Morgan fingerprint density at radius 2 is 1.69 bits per heavy atom. The van der Waals surface area contributed by atoms with Crippen molar-refractivity contribution in [3.63, 3.8) is 0 Å². The molecule has 0 spiro atoms. The first-order valence-electron chi connectivity index (χ1n) is 17.4. The summed E-state index contributed by atoms with van der Waals surface area (Å²) in [5.74, 6) is -3.75. The number of methoxy groups -OCH3 is 3. The van der Waals surface area contributed by atoms with Crippen molar-refractivity contribution in [1.29, 1.82) is 0 Å². The van der Waals surface area contributed by atoms with Gasteiger partial charge in [0.15, 0.2) is 0 Å². The molecule has 2 atom stereocenters. The molecule has 1 saturated heterocycles. The van der Waals surface area contributed by atoms with Crippen molar-refractivity contribution in [2.24, 2.45) is 22.1 Å². The van der Waals surface area contributed by atoms with E-state index in [4.69, 9.17) is 24.9 Å². The Labute approximate surface area is 314 Å². The first-order valence-corrected chi connectivity index (χ1v) is 17.4. The van der Waals surface area contributed by atoms with Gasteiger partial charge in [0.25, 0.3) is 0 Å². The Hall–Kier alpha value is -6.17. The van der Waals surface area contributed by atoms with Crippen LogP contribution in [0.15, 0.2) is 110 Å². The molecule has 5 rings (SSSR count). The zero-order valence-corrected chi connectivity index (χ0v) is 31.7. The summed E-state index contributed by atoms with van der Waals surface area (Å²) in [6.45, 7) is 15.9. The summed E-state index contributed by atoms with van der Waals surface area (Å²) in [5.41, 5.74) is 15.6. The molecular weight excluding hydrogens is 688 g/mol. The summed E-state index contributed by atoms with van der Waals surface area (Å²) < 4.78 is 15.3. The van der Waals surface area contributed by atoms with Crippen LogP contribution >= 0.6 is 0 Å². The van der Waals surface area contributed by atoms with Gasteiger partial charge in [0.05, 0.1) is 43.7 Å². The van der Waals surface area contributed by atoms with Crippen LogP contribution in [0.25, 0.3) is 12.2 Å². The van der Waals surface area contributed by atoms with Crippen LogP contribution in [0.2, 0.25) is 0 Å². The van der Waals surface area contributed by atoms with E-state index in [1.54, 1.807) is 18.2 Å². The number of carbonyl (C=O) groups is 4. The molecule has 12 nitrogen and oxygen atoms in total. The summed E-state index contributed by atoms with van der Waals surface area (Å²) in [6.07, 6.45) is 12.9. The van der Waals surface area contributed by atoms with Gasteiger partial charge in [-0.05, 0) is 104 Å². The van der Waals surface area contributed by atoms with Crippen LogP contribution in [0.4, 0.5) is 0 Å². The number of nitrogens with zero attached hydrogens (tertiary/aromatic N) is 1. The molecule has 0 radical (unpaired) electrons. The molecule has 1 aliphatic carbocycles. The predicted octanol–water partition coefficient (Wildman–Crippen LogP) is 5.98. The molecule has 1 aromatic heterocycles. The lowest BCUT2D eigenvalue weighted by atomic mass is 9.64. The first kappa shape index (κ1) is 39.0. The summed E-state index contributed by atoms with van der Waals surface area (Å²) in [5, 5.41) is 13.2. The van der Waals surface area contributed by atoms with Gasteiger partial charge in [-0.25, -0.2) is 9.79 Å². The maximum Gasteiger partial charge on any atom is 0.334 e. The zero-order chi connectivity index (χ0) is 39.6. The summed E-state index contributed by atoms with van der Waals surface area (Å²) >= 11 is 0. The molecule has 12 heteroatoms. The van der Waals surface area contributed by atoms with E-state index in [1.165, 1.54) is 21.3 Å². The number of nitrogens with two attached hydrogens (primary N) is 1. The number of carboxylic acid groups (broad SMARTS) is 1. The number of allylic oxidation sites excluding steroid dienone is 11. The van der Waals surface area contributed by atoms with Crippen molar-refractivity contribution in [2.45, 2.75) is 53.4 Å². The second-order valence-corrected chi connectivity index (χ2v) is 13.6. The normalized spacial score (nSPS) is 26.1. The minimum Gasteiger partial charge on any atom is -0.481 e. The van der Waals surface area contributed by atoms with E-state index < -0.39 is 29.2 Å². The predicted molar refractivity (Wildman–Crippen MR) is 206 cm³/mol. The van der Waals surface area contributed by atoms with Gasteiger partial charge < -0.3 is 35.4 Å². The number of nitrogens with one attached hydrogen (secondary N) is 2. The van der Waals surface area contributed by atoms with Crippen LogP contribution in [0.1, 0.15) is 62.5 Å². The summed E-state index contributed by atoms with van der Waals surface area (Å²) in [7, 11) is 3.86. The standard InChI is InChI=1S/C42H46N4O8/c1-10-25-22(3)21(2)17-35-29-14-11-28(40(50)53-8)39(41(51)54-9)42(29,6)36(46-35)20-32-24(5)26(12-15-37(47)48)33(45-32)19-34-27(13-16-38(49)52-7)23(4)31(44-34)18-30(25)43/h10-11,14,17-20,39,44,46H,1-2,12-13,15-16,43H2,3-9H3,(H,47,48)/b25-22+,30-18-,33-19-,35-17-,36-20-/t39?,42-/m1/s1. The number of hydrogen-bond donors (Lipinski definition) is 4. The van der Waals surface area contributed by atoms with E-state index in [-0.39, 0.29) is 30.8 Å². The fraction of sp³-hybridized carbons (Fsp3) is 0.310. The molecule has 1 fully saturated rings. The molecule has 5 N–H and O–H groups in total. The average molecular weight is 735 g/mol. The van der Waals surface area contributed by atoms with Gasteiger partial charge >= 0.3 is 23.9 Å². The lowest BCUT2D eigenvalue weighted by Crippen LogP contribution is -2.41. The van der Waals surface area contributed by atoms with Gasteiger partial charge in [0.1, 0.15) is 5.92 Å². The third kappa shape index (κ3) is 6.99. The Balaban J connectivity index is 1.87. The molecule has 0 amide bonds. The van der Waals surface area contributed by atoms with Gasteiger partial charge in [0.2, 0.25) is 0 Å². The van der Waals surface area contributed by atoms with Gasteiger partial charge in [-0.3, -0.25) is 14.4 Å². The van der Waals surface area contributed by atoms with E-state index >= 15 is 0 Å². The monoisotopic (exact) mass is 734 g/mol. The maximum atomic E-state index is 13.7. The van der Waals surface area contributed by atoms with Crippen LogP contribution in [0.5, 0.6) is 0 Å². The fourth-order valence-corrected chi connectivity index (χ4v) is 7.49. The minimum absolute atomic E-state index is 0.120. The Bertz CT molecular complexity index is 2180. The first-order chi connectivity index (χ1) is 25.6. The molecule has 3 aliphatic heterocycles. The Morgan fingerprint density at radius 1 is 0.963 bits per heavy atom. The maximum absolute atomic E-state index is 13.7. The van der Waals surface area contributed by atoms with Gasteiger partial charge in [-0.2, -0.15) is 0 Å². The number of hydrogen-bond acceptors (Lipinski definition) is 10. The average Bonchev–Trinajstić information content (AvgIpc) is 3.70. The summed E-state index contributed by atoms with van der Waals surface area (Å²) in [6, 6.07) is 0. The number of H-pyrrole nitrogens is 1. The van der Waals surface area contributed by atoms with Crippen molar-refractivity contribution in [3.8, 4) is 0 Å². The van der Waals surface area contributed by atoms with Crippen LogP contribution in [0.3, 0.4) is 0 Å². The molecule has 282 valence electrons. The van der Waals surface area contributed by atoms with Crippen LogP contribution < -0.4 is 11.1 Å².